The van der Waals surface area contributed by atoms with Crippen molar-refractivity contribution in [1.29, 1.82) is 0 Å². The lowest BCUT2D eigenvalue weighted by molar-refractivity contribution is 0.728. The number of rotatable bonds is 7. The summed E-state index contributed by atoms with van der Waals surface area (Å²) in [5, 5.41) is 16.1. The van der Waals surface area contributed by atoms with E-state index in [-0.39, 0.29) is 12.4 Å². The zero-order valence-electron chi connectivity index (χ0n) is 12.8. The molecule has 2 aromatic carbocycles. The van der Waals surface area contributed by atoms with Crippen molar-refractivity contribution < 1.29 is 0 Å². The van der Waals surface area contributed by atoms with Crippen molar-refractivity contribution in [2.45, 2.75) is 11.7 Å². The van der Waals surface area contributed by atoms with Gasteiger partial charge in [0.05, 0.1) is 5.69 Å². The molecular formula is C16H17BrClN5S. The first kappa shape index (κ1) is 18.9. The summed E-state index contributed by atoms with van der Waals surface area (Å²) < 4.78 is 2.86. The van der Waals surface area contributed by atoms with E-state index in [0.717, 1.165) is 34.2 Å². The van der Waals surface area contributed by atoms with Gasteiger partial charge in [-0.1, -0.05) is 58.0 Å². The van der Waals surface area contributed by atoms with Crippen molar-refractivity contribution in [3.63, 3.8) is 0 Å². The Morgan fingerprint density at radius 3 is 2.54 bits per heavy atom. The molecule has 5 nitrogen and oxygen atoms in total. The molecule has 0 unspecified atom stereocenters. The van der Waals surface area contributed by atoms with Gasteiger partial charge in [-0.2, -0.15) is 4.68 Å². The summed E-state index contributed by atoms with van der Waals surface area (Å²) in [4.78, 5) is 0. The van der Waals surface area contributed by atoms with Gasteiger partial charge in [0, 0.05) is 23.3 Å². The van der Waals surface area contributed by atoms with E-state index in [9.17, 15) is 0 Å². The average molecular weight is 427 g/mol. The van der Waals surface area contributed by atoms with Crippen LogP contribution < -0.4 is 5.32 Å². The molecular weight excluding hydrogens is 410 g/mol. The Labute approximate surface area is 159 Å². The van der Waals surface area contributed by atoms with Crippen LogP contribution in [0.5, 0.6) is 0 Å². The molecule has 0 radical (unpaired) electrons. The maximum atomic E-state index is 4.09. The van der Waals surface area contributed by atoms with Crippen molar-refractivity contribution in [3.05, 3.63) is 64.6 Å². The molecule has 126 valence electrons. The highest BCUT2D eigenvalue weighted by atomic mass is 79.9. The van der Waals surface area contributed by atoms with Crippen LogP contribution in [0.2, 0.25) is 0 Å². The molecule has 0 atom stereocenters. The van der Waals surface area contributed by atoms with Crippen molar-refractivity contribution in [1.82, 2.24) is 25.5 Å². The molecule has 0 bridgehead atoms. The monoisotopic (exact) mass is 425 g/mol. The molecule has 0 amide bonds. The van der Waals surface area contributed by atoms with Gasteiger partial charge in [0.15, 0.2) is 0 Å². The van der Waals surface area contributed by atoms with Gasteiger partial charge in [-0.25, -0.2) is 0 Å². The quantitative estimate of drug-likeness (QED) is 0.461. The molecule has 8 heteroatoms. The molecule has 1 N–H and O–H groups in total. The maximum absolute atomic E-state index is 4.09. The van der Waals surface area contributed by atoms with Gasteiger partial charge in [-0.3, -0.25) is 0 Å². The zero-order valence-corrected chi connectivity index (χ0v) is 16.0. The third-order valence-corrected chi connectivity index (χ3v) is 4.64. The van der Waals surface area contributed by atoms with E-state index >= 15 is 0 Å². The number of halogens is 2. The summed E-state index contributed by atoms with van der Waals surface area (Å²) in [6.45, 7) is 1.75. The van der Waals surface area contributed by atoms with Gasteiger partial charge in [-0.05, 0) is 40.3 Å². The number of thioether (sulfide) groups is 1. The van der Waals surface area contributed by atoms with Crippen LogP contribution in [0.15, 0.2) is 64.2 Å². The Morgan fingerprint density at radius 1 is 1.04 bits per heavy atom. The first-order valence-corrected chi connectivity index (χ1v) is 9.02. The van der Waals surface area contributed by atoms with E-state index in [0.29, 0.717) is 0 Å². The van der Waals surface area contributed by atoms with Crippen LogP contribution in [0.3, 0.4) is 0 Å². The summed E-state index contributed by atoms with van der Waals surface area (Å²) in [5.41, 5.74) is 2.25. The third-order valence-electron chi connectivity index (χ3n) is 3.19. The summed E-state index contributed by atoms with van der Waals surface area (Å²) in [5.74, 6) is 0.906. The number of nitrogens with one attached hydrogen (secondary N) is 1. The van der Waals surface area contributed by atoms with Crippen LogP contribution in [0.25, 0.3) is 5.69 Å². The van der Waals surface area contributed by atoms with Crippen LogP contribution in [-0.4, -0.2) is 32.5 Å². The van der Waals surface area contributed by atoms with Gasteiger partial charge in [-0.15, -0.1) is 17.5 Å². The largest absolute Gasteiger partial charge is 0.312 e. The van der Waals surface area contributed by atoms with Gasteiger partial charge < -0.3 is 5.32 Å². The SMILES string of the molecule is Brc1ccc(CNCCSc2nnnn2-c2ccccc2)cc1.Cl. The van der Waals surface area contributed by atoms with Crippen LogP contribution in [0.4, 0.5) is 0 Å². The molecule has 0 aliphatic carbocycles. The van der Waals surface area contributed by atoms with Crippen molar-refractivity contribution in [3.8, 4) is 5.69 Å². The first-order chi connectivity index (χ1) is 11.3. The zero-order chi connectivity index (χ0) is 15.9. The molecule has 3 aromatic rings. The van der Waals surface area contributed by atoms with E-state index in [1.54, 1.807) is 16.4 Å². The fourth-order valence-electron chi connectivity index (χ4n) is 2.05. The van der Waals surface area contributed by atoms with Gasteiger partial charge in [0.25, 0.3) is 0 Å². The molecule has 24 heavy (non-hydrogen) atoms. The predicted octanol–water partition coefficient (Wildman–Crippen LogP) is 3.73. The molecule has 0 spiro atoms. The number of hydrogen-bond donors (Lipinski definition) is 1. The van der Waals surface area contributed by atoms with Gasteiger partial charge in [0.2, 0.25) is 5.16 Å². The van der Waals surface area contributed by atoms with Crippen LogP contribution in [-0.2, 0) is 6.54 Å². The van der Waals surface area contributed by atoms with E-state index in [2.05, 4.69) is 61.0 Å². The molecule has 1 aromatic heterocycles. The molecule has 0 saturated heterocycles. The first-order valence-electron chi connectivity index (χ1n) is 7.25. The predicted molar refractivity (Wildman–Crippen MR) is 103 cm³/mol. The number of tetrazole rings is 1. The highest BCUT2D eigenvalue weighted by Gasteiger charge is 2.07. The van der Waals surface area contributed by atoms with E-state index in [1.165, 1.54) is 5.56 Å². The second-order valence-electron chi connectivity index (χ2n) is 4.86. The second kappa shape index (κ2) is 9.78. The fourth-order valence-corrected chi connectivity index (χ4v) is 3.10. The minimum atomic E-state index is 0. The molecule has 0 saturated carbocycles. The third kappa shape index (κ3) is 5.31. The Hall–Kier alpha value is -1.41. The fraction of sp³-hybridized carbons (Fsp3) is 0.188. The lowest BCUT2D eigenvalue weighted by Gasteiger charge is -2.06. The lowest BCUT2D eigenvalue weighted by atomic mass is 10.2. The van der Waals surface area contributed by atoms with Crippen molar-refractivity contribution >= 4 is 40.1 Å². The number of benzene rings is 2. The van der Waals surface area contributed by atoms with Crippen molar-refractivity contribution in [2.75, 3.05) is 12.3 Å². The highest BCUT2D eigenvalue weighted by Crippen LogP contribution is 2.17. The average Bonchev–Trinajstić information content (AvgIpc) is 3.05. The summed E-state index contributed by atoms with van der Waals surface area (Å²) in [6, 6.07) is 18.3. The smallest absolute Gasteiger partial charge is 0.214 e. The van der Waals surface area contributed by atoms with Crippen LogP contribution >= 0.6 is 40.1 Å². The van der Waals surface area contributed by atoms with Crippen LogP contribution in [0.1, 0.15) is 5.56 Å². The number of aromatic nitrogens is 4. The summed E-state index contributed by atoms with van der Waals surface area (Å²) in [6.07, 6.45) is 0. The second-order valence-corrected chi connectivity index (χ2v) is 6.84. The van der Waals surface area contributed by atoms with E-state index in [4.69, 9.17) is 0 Å². The molecule has 1 heterocycles. The van der Waals surface area contributed by atoms with Crippen molar-refractivity contribution in [2.24, 2.45) is 0 Å². The topological polar surface area (TPSA) is 55.6 Å². The standard InChI is InChI=1S/C16H16BrN5S.ClH/c17-14-8-6-13(7-9-14)12-18-10-11-23-16-19-20-21-22(16)15-4-2-1-3-5-15;/h1-9,18H,10-12H2;1H. The Balaban J connectivity index is 0.00000208. The number of para-hydroxylation sites is 1. The number of hydrogen-bond acceptors (Lipinski definition) is 5. The Morgan fingerprint density at radius 2 is 1.79 bits per heavy atom. The minimum absolute atomic E-state index is 0. The van der Waals surface area contributed by atoms with E-state index in [1.807, 2.05) is 30.3 Å². The highest BCUT2D eigenvalue weighted by molar-refractivity contribution is 9.10. The maximum Gasteiger partial charge on any atom is 0.214 e. The molecule has 0 fully saturated rings. The molecule has 0 aliphatic rings. The van der Waals surface area contributed by atoms with Gasteiger partial charge >= 0.3 is 0 Å². The molecule has 0 aliphatic heterocycles. The summed E-state index contributed by atoms with van der Waals surface area (Å²) in [7, 11) is 0. The Bertz CT molecular complexity index is 736. The normalized spacial score (nSPS) is 10.4. The van der Waals surface area contributed by atoms with Gasteiger partial charge in [0.1, 0.15) is 0 Å². The summed E-state index contributed by atoms with van der Waals surface area (Å²) >= 11 is 5.08. The minimum Gasteiger partial charge on any atom is -0.312 e. The Kier molecular flexibility index (Phi) is 7.71. The van der Waals surface area contributed by atoms with E-state index < -0.39 is 0 Å². The number of nitrogens with zero attached hydrogens (tertiary/aromatic N) is 4. The molecule has 3 rings (SSSR count). The van der Waals surface area contributed by atoms with Crippen LogP contribution in [0, 0.1) is 0 Å². The lowest BCUT2D eigenvalue weighted by Crippen LogP contribution is -2.16.